The number of carbonyl (C=O) groups is 1. The molecule has 4 heteroatoms. The Kier molecular flexibility index (Phi) is 3.06. The number of rotatable bonds is 1. The number of benzene rings is 1. The smallest absolute Gasteiger partial charge is 0.264 e. The van der Waals surface area contributed by atoms with Crippen molar-refractivity contribution in [2.24, 2.45) is 0 Å². The van der Waals surface area contributed by atoms with Gasteiger partial charge >= 0.3 is 0 Å². The van der Waals surface area contributed by atoms with Gasteiger partial charge in [0.05, 0.1) is 11.0 Å². The average Bonchev–Trinajstić information content (AvgIpc) is 2.81. The van der Waals surface area contributed by atoms with Gasteiger partial charge in [-0.1, -0.05) is 18.2 Å². The van der Waals surface area contributed by atoms with Gasteiger partial charge < -0.3 is 10.0 Å². The Bertz CT molecular complexity index is 545. The number of thiophene rings is 1. The van der Waals surface area contributed by atoms with Gasteiger partial charge in [-0.3, -0.25) is 4.79 Å². The molecule has 1 aliphatic heterocycles. The van der Waals surface area contributed by atoms with Crippen molar-refractivity contribution in [3.05, 3.63) is 35.2 Å². The van der Waals surface area contributed by atoms with Crippen LogP contribution >= 0.6 is 11.3 Å². The van der Waals surface area contributed by atoms with Crippen molar-refractivity contribution in [2.45, 2.75) is 18.9 Å². The Morgan fingerprint density at radius 1 is 1.39 bits per heavy atom. The van der Waals surface area contributed by atoms with Crippen molar-refractivity contribution in [1.82, 2.24) is 4.90 Å². The number of fused-ring (bicyclic) bond motifs is 1. The summed E-state index contributed by atoms with van der Waals surface area (Å²) in [4.78, 5) is 14.9. The number of hydrogen-bond donors (Lipinski definition) is 1. The highest BCUT2D eigenvalue weighted by atomic mass is 32.1. The highest BCUT2D eigenvalue weighted by Gasteiger charge is 2.24. The minimum Gasteiger partial charge on any atom is -0.391 e. The first kappa shape index (κ1) is 11.7. The Morgan fingerprint density at radius 3 is 3.00 bits per heavy atom. The molecule has 0 saturated carbocycles. The van der Waals surface area contributed by atoms with Crippen LogP contribution in [0.25, 0.3) is 10.1 Å². The number of likely N-dealkylation sites (tertiary alicyclic amines) is 1. The maximum Gasteiger partial charge on any atom is 0.264 e. The van der Waals surface area contributed by atoms with Crippen LogP contribution in [0.15, 0.2) is 30.3 Å². The summed E-state index contributed by atoms with van der Waals surface area (Å²) in [6, 6.07) is 9.96. The number of carbonyl (C=O) groups excluding carboxylic acids is 1. The lowest BCUT2D eigenvalue weighted by Crippen LogP contribution is -2.41. The van der Waals surface area contributed by atoms with E-state index in [0.717, 1.165) is 34.3 Å². The predicted octanol–water partition coefficient (Wildman–Crippen LogP) is 2.50. The maximum atomic E-state index is 12.3. The standard InChI is InChI=1S/C14H15NO2S/c16-11-5-3-7-15(9-11)14(17)13-8-10-4-1-2-6-12(10)18-13/h1-2,4,6,8,11,16H,3,5,7,9H2/t11-/m0/s1. The van der Waals surface area contributed by atoms with Crippen LogP contribution in [-0.2, 0) is 0 Å². The van der Waals surface area contributed by atoms with Gasteiger partial charge in [-0.05, 0) is 30.4 Å². The lowest BCUT2D eigenvalue weighted by molar-refractivity contribution is 0.0478. The van der Waals surface area contributed by atoms with Crippen LogP contribution in [0.2, 0.25) is 0 Å². The van der Waals surface area contributed by atoms with Crippen molar-refractivity contribution in [3.63, 3.8) is 0 Å². The summed E-state index contributed by atoms with van der Waals surface area (Å²) in [6.45, 7) is 1.22. The summed E-state index contributed by atoms with van der Waals surface area (Å²) < 4.78 is 1.14. The fraction of sp³-hybridized carbons (Fsp3) is 0.357. The summed E-state index contributed by atoms with van der Waals surface area (Å²) in [6.07, 6.45) is 1.32. The first-order valence-corrected chi connectivity index (χ1v) is 7.01. The van der Waals surface area contributed by atoms with Gasteiger partial charge in [-0.25, -0.2) is 0 Å². The van der Waals surface area contributed by atoms with Gasteiger partial charge in [-0.15, -0.1) is 11.3 Å². The molecule has 18 heavy (non-hydrogen) atoms. The molecule has 1 saturated heterocycles. The van der Waals surface area contributed by atoms with Crippen molar-refractivity contribution >= 4 is 27.3 Å². The van der Waals surface area contributed by atoms with Crippen LogP contribution in [0.4, 0.5) is 0 Å². The van der Waals surface area contributed by atoms with E-state index >= 15 is 0 Å². The van der Waals surface area contributed by atoms with Crippen LogP contribution in [0.3, 0.4) is 0 Å². The van der Waals surface area contributed by atoms with E-state index in [9.17, 15) is 9.90 Å². The number of piperidine rings is 1. The molecule has 0 spiro atoms. The third-order valence-electron chi connectivity index (χ3n) is 3.32. The molecule has 1 amide bonds. The molecule has 2 aromatic rings. The molecule has 1 aliphatic rings. The van der Waals surface area contributed by atoms with Gasteiger partial charge in [0.2, 0.25) is 0 Å². The first-order valence-electron chi connectivity index (χ1n) is 6.20. The van der Waals surface area contributed by atoms with Crippen molar-refractivity contribution in [2.75, 3.05) is 13.1 Å². The molecule has 0 bridgehead atoms. The lowest BCUT2D eigenvalue weighted by Gasteiger charge is -2.29. The second-order valence-electron chi connectivity index (χ2n) is 4.70. The van der Waals surface area contributed by atoms with E-state index in [2.05, 4.69) is 0 Å². The zero-order chi connectivity index (χ0) is 12.5. The SMILES string of the molecule is O=C(c1cc2ccccc2s1)N1CCC[C@H](O)C1. The average molecular weight is 261 g/mol. The van der Waals surface area contributed by atoms with E-state index < -0.39 is 0 Å². The summed E-state index contributed by atoms with van der Waals surface area (Å²) in [5, 5.41) is 10.7. The lowest BCUT2D eigenvalue weighted by atomic mass is 10.1. The summed E-state index contributed by atoms with van der Waals surface area (Å²) in [5.41, 5.74) is 0. The third-order valence-corrected chi connectivity index (χ3v) is 4.42. The summed E-state index contributed by atoms with van der Waals surface area (Å²) in [7, 11) is 0. The van der Waals surface area contributed by atoms with Gasteiger partial charge in [0.15, 0.2) is 0 Å². The van der Waals surface area contributed by atoms with Crippen molar-refractivity contribution in [1.29, 1.82) is 0 Å². The van der Waals surface area contributed by atoms with E-state index in [1.165, 1.54) is 11.3 Å². The predicted molar refractivity (Wildman–Crippen MR) is 73.0 cm³/mol. The molecule has 3 nitrogen and oxygen atoms in total. The van der Waals surface area contributed by atoms with E-state index in [-0.39, 0.29) is 12.0 Å². The summed E-state index contributed by atoms with van der Waals surface area (Å²) >= 11 is 1.53. The van der Waals surface area contributed by atoms with Crippen LogP contribution in [0.1, 0.15) is 22.5 Å². The van der Waals surface area contributed by atoms with Gasteiger partial charge in [0.1, 0.15) is 0 Å². The number of β-amino-alcohol motifs (C(OH)–C–C–N with tert-alkyl or cyclic N) is 1. The molecule has 1 aromatic carbocycles. The summed E-state index contributed by atoms with van der Waals surface area (Å²) in [5.74, 6) is 0.0509. The molecule has 0 unspecified atom stereocenters. The van der Waals surface area contributed by atoms with Crippen molar-refractivity contribution in [3.8, 4) is 0 Å². The normalized spacial score (nSPS) is 20.3. The molecule has 1 aromatic heterocycles. The molecule has 94 valence electrons. The van der Waals surface area contributed by atoms with Gasteiger partial charge in [0, 0.05) is 17.8 Å². The number of amides is 1. The molecule has 3 rings (SSSR count). The first-order chi connectivity index (χ1) is 8.74. The molecular weight excluding hydrogens is 246 g/mol. The highest BCUT2D eigenvalue weighted by Crippen LogP contribution is 2.27. The molecule has 0 radical (unpaired) electrons. The number of aliphatic hydroxyl groups excluding tert-OH is 1. The van der Waals surface area contributed by atoms with Gasteiger partial charge in [0.25, 0.3) is 5.91 Å². The second kappa shape index (κ2) is 4.71. The number of hydrogen-bond acceptors (Lipinski definition) is 3. The largest absolute Gasteiger partial charge is 0.391 e. The molecule has 2 heterocycles. The quantitative estimate of drug-likeness (QED) is 0.857. The maximum absolute atomic E-state index is 12.3. The topological polar surface area (TPSA) is 40.5 Å². The molecular formula is C14H15NO2S. The molecule has 1 atom stereocenters. The van der Waals surface area contributed by atoms with Crippen molar-refractivity contribution < 1.29 is 9.90 Å². The minimum atomic E-state index is -0.364. The van der Waals surface area contributed by atoms with Crippen LogP contribution in [-0.4, -0.2) is 35.1 Å². The van der Waals surface area contributed by atoms with E-state index in [0.29, 0.717) is 6.54 Å². The second-order valence-corrected chi connectivity index (χ2v) is 5.78. The third kappa shape index (κ3) is 2.13. The Balaban J connectivity index is 1.87. The number of aliphatic hydroxyl groups is 1. The van der Waals surface area contributed by atoms with Gasteiger partial charge in [-0.2, -0.15) is 0 Å². The number of nitrogens with zero attached hydrogens (tertiary/aromatic N) is 1. The molecule has 1 N–H and O–H groups in total. The van der Waals surface area contributed by atoms with Crippen LogP contribution in [0, 0.1) is 0 Å². The Labute approximate surface area is 110 Å². The molecule has 1 fully saturated rings. The van der Waals surface area contributed by atoms with Crippen LogP contribution in [0.5, 0.6) is 0 Å². The molecule has 0 aliphatic carbocycles. The zero-order valence-corrected chi connectivity index (χ0v) is 10.8. The zero-order valence-electron chi connectivity index (χ0n) is 10.0. The fourth-order valence-corrected chi connectivity index (χ4v) is 3.41. The minimum absolute atomic E-state index is 0.0509. The highest BCUT2D eigenvalue weighted by molar-refractivity contribution is 7.20. The Morgan fingerprint density at radius 2 is 2.22 bits per heavy atom. The van der Waals surface area contributed by atoms with E-state index in [4.69, 9.17) is 0 Å². The Hall–Kier alpha value is -1.39. The van der Waals surface area contributed by atoms with E-state index in [1.54, 1.807) is 4.90 Å². The van der Waals surface area contributed by atoms with E-state index in [1.807, 2.05) is 30.3 Å². The van der Waals surface area contributed by atoms with Crippen LogP contribution < -0.4 is 0 Å². The fourth-order valence-electron chi connectivity index (χ4n) is 2.38. The monoisotopic (exact) mass is 261 g/mol.